The molecule has 0 radical (unpaired) electrons. The summed E-state index contributed by atoms with van der Waals surface area (Å²) in [4.78, 5) is 13.7. The first-order valence-electron chi connectivity index (χ1n) is 8.84. The fourth-order valence-corrected chi connectivity index (χ4v) is 4.47. The Kier molecular flexibility index (Phi) is 5.44. The summed E-state index contributed by atoms with van der Waals surface area (Å²) in [6.45, 7) is 4.55. The van der Waals surface area contributed by atoms with Gasteiger partial charge in [-0.15, -0.1) is 0 Å². The van der Waals surface area contributed by atoms with Crippen LogP contribution in [0.1, 0.15) is 37.3 Å². The lowest BCUT2D eigenvalue weighted by Crippen LogP contribution is -2.34. The molecule has 0 saturated heterocycles. The zero-order valence-corrected chi connectivity index (χ0v) is 15.9. The average Bonchev–Trinajstić information content (AvgIpc) is 2.65. The topological polar surface area (TPSA) is 66.5 Å². The highest BCUT2D eigenvalue weighted by molar-refractivity contribution is 7.89. The lowest BCUT2D eigenvalue weighted by atomic mass is 10.0. The van der Waals surface area contributed by atoms with Crippen LogP contribution in [0, 0.1) is 0 Å². The molecular weight excluding hydrogens is 348 g/mol. The molecule has 1 aliphatic rings. The number of benzene rings is 2. The molecule has 0 spiro atoms. The van der Waals surface area contributed by atoms with Crippen molar-refractivity contribution < 1.29 is 13.2 Å². The van der Waals surface area contributed by atoms with Crippen LogP contribution in [0.25, 0.3) is 0 Å². The van der Waals surface area contributed by atoms with Crippen LogP contribution in [0.4, 0.5) is 5.69 Å². The summed E-state index contributed by atoms with van der Waals surface area (Å²) in [6, 6.07) is 14.8. The molecule has 26 heavy (non-hydrogen) atoms. The van der Waals surface area contributed by atoms with Crippen LogP contribution >= 0.6 is 0 Å². The predicted molar refractivity (Wildman–Crippen MR) is 103 cm³/mol. The average molecular weight is 372 g/mol. The molecule has 0 fully saturated rings. The second kappa shape index (κ2) is 7.60. The van der Waals surface area contributed by atoms with E-state index in [9.17, 15) is 13.2 Å². The van der Waals surface area contributed by atoms with E-state index in [1.54, 1.807) is 23.1 Å². The summed E-state index contributed by atoms with van der Waals surface area (Å²) in [5.74, 6) is 0.0631. The monoisotopic (exact) mass is 372 g/mol. The minimum atomic E-state index is -3.59. The van der Waals surface area contributed by atoms with Gasteiger partial charge in [-0.2, -0.15) is 0 Å². The van der Waals surface area contributed by atoms with Crippen molar-refractivity contribution >= 4 is 21.6 Å². The molecule has 3 rings (SSSR count). The van der Waals surface area contributed by atoms with Gasteiger partial charge in [0, 0.05) is 25.7 Å². The molecule has 0 unspecified atom stereocenters. The maximum absolute atomic E-state index is 12.7. The molecule has 0 aromatic heterocycles. The van der Waals surface area contributed by atoms with Gasteiger partial charge in [-0.1, -0.05) is 37.3 Å². The van der Waals surface area contributed by atoms with Crippen molar-refractivity contribution in [2.45, 2.75) is 37.5 Å². The Bertz CT molecular complexity index is 895. The molecule has 1 heterocycles. The van der Waals surface area contributed by atoms with Gasteiger partial charge < -0.3 is 4.90 Å². The molecule has 6 heteroatoms. The Labute approximate surface area is 155 Å². The largest absolute Gasteiger partial charge is 0.312 e. The van der Waals surface area contributed by atoms with Gasteiger partial charge in [0.15, 0.2) is 0 Å². The molecule has 1 atom stereocenters. The van der Waals surface area contributed by atoms with Crippen LogP contribution in [-0.2, 0) is 21.2 Å². The van der Waals surface area contributed by atoms with Gasteiger partial charge in [0.2, 0.25) is 15.9 Å². The Morgan fingerprint density at radius 3 is 2.62 bits per heavy atom. The number of fused-ring (bicyclic) bond motifs is 1. The first-order valence-corrected chi connectivity index (χ1v) is 10.3. The number of hydrogen-bond donors (Lipinski definition) is 1. The van der Waals surface area contributed by atoms with E-state index in [2.05, 4.69) is 4.72 Å². The molecule has 2 aromatic carbocycles. The van der Waals surface area contributed by atoms with Gasteiger partial charge in [-0.25, -0.2) is 13.1 Å². The number of carbonyl (C=O) groups is 1. The number of hydrogen-bond acceptors (Lipinski definition) is 3. The maximum atomic E-state index is 12.7. The zero-order chi connectivity index (χ0) is 18.7. The van der Waals surface area contributed by atoms with Gasteiger partial charge >= 0.3 is 0 Å². The lowest BCUT2D eigenvalue weighted by molar-refractivity contribution is -0.116. The second-order valence-electron chi connectivity index (χ2n) is 6.73. The van der Waals surface area contributed by atoms with Crippen molar-refractivity contribution in [3.63, 3.8) is 0 Å². The van der Waals surface area contributed by atoms with E-state index < -0.39 is 10.0 Å². The van der Waals surface area contributed by atoms with Crippen molar-refractivity contribution in [1.82, 2.24) is 4.72 Å². The standard InChI is InChI=1S/C20H24N2O3S/c1-15(17-7-4-3-5-8-17)14-21-26(24,25)19-10-11-20-18(13-19)9-6-12-22(20)16(2)23/h3-5,7-8,10-11,13,15,21H,6,9,12,14H2,1-2H3/t15-/m1/s1. The molecule has 1 aliphatic heterocycles. The number of carbonyl (C=O) groups excluding carboxylic acids is 1. The lowest BCUT2D eigenvalue weighted by Gasteiger charge is -2.28. The van der Waals surface area contributed by atoms with Crippen molar-refractivity contribution in [3.05, 3.63) is 59.7 Å². The first-order chi connectivity index (χ1) is 12.4. The summed E-state index contributed by atoms with van der Waals surface area (Å²) in [7, 11) is -3.59. The minimum absolute atomic E-state index is 0.0173. The van der Waals surface area contributed by atoms with Crippen molar-refractivity contribution in [2.75, 3.05) is 18.0 Å². The van der Waals surface area contributed by atoms with E-state index >= 15 is 0 Å². The normalized spacial score (nSPS) is 15.4. The van der Waals surface area contributed by atoms with Crippen molar-refractivity contribution in [2.24, 2.45) is 0 Å². The molecule has 0 saturated carbocycles. The summed E-state index contributed by atoms with van der Waals surface area (Å²) >= 11 is 0. The third-order valence-electron chi connectivity index (χ3n) is 4.81. The third kappa shape index (κ3) is 3.97. The Hall–Kier alpha value is -2.18. The van der Waals surface area contributed by atoms with Crippen LogP contribution in [0.3, 0.4) is 0 Å². The third-order valence-corrected chi connectivity index (χ3v) is 6.23. The van der Waals surface area contributed by atoms with E-state index in [1.807, 2.05) is 37.3 Å². The SMILES string of the molecule is CC(=O)N1CCCc2cc(S(=O)(=O)NC[C@@H](C)c3ccccc3)ccc21. The maximum Gasteiger partial charge on any atom is 0.240 e. The highest BCUT2D eigenvalue weighted by Crippen LogP contribution is 2.29. The number of amides is 1. The number of nitrogens with one attached hydrogen (secondary N) is 1. The quantitative estimate of drug-likeness (QED) is 0.877. The number of sulfonamides is 1. The number of anilines is 1. The number of aryl methyl sites for hydroxylation is 1. The first kappa shape index (κ1) is 18.6. The van der Waals surface area contributed by atoms with E-state index in [0.29, 0.717) is 13.1 Å². The van der Waals surface area contributed by atoms with Gasteiger partial charge in [0.05, 0.1) is 4.90 Å². The van der Waals surface area contributed by atoms with Gasteiger partial charge in [0.25, 0.3) is 0 Å². The van der Waals surface area contributed by atoms with Gasteiger partial charge in [-0.05, 0) is 48.1 Å². The molecule has 5 nitrogen and oxygen atoms in total. The van der Waals surface area contributed by atoms with Crippen molar-refractivity contribution in [1.29, 1.82) is 0 Å². The fourth-order valence-electron chi connectivity index (χ4n) is 3.29. The molecule has 2 aromatic rings. The smallest absolute Gasteiger partial charge is 0.240 e. The minimum Gasteiger partial charge on any atom is -0.312 e. The molecule has 0 aliphatic carbocycles. The van der Waals surface area contributed by atoms with Crippen LogP contribution < -0.4 is 9.62 Å². The molecule has 138 valence electrons. The second-order valence-corrected chi connectivity index (χ2v) is 8.50. The van der Waals surface area contributed by atoms with Crippen LogP contribution in [-0.4, -0.2) is 27.4 Å². The fraction of sp³-hybridized carbons (Fsp3) is 0.350. The zero-order valence-electron chi connectivity index (χ0n) is 15.1. The number of rotatable bonds is 5. The summed E-state index contributed by atoms with van der Waals surface area (Å²) in [6.07, 6.45) is 1.62. The highest BCUT2D eigenvalue weighted by Gasteiger charge is 2.23. The summed E-state index contributed by atoms with van der Waals surface area (Å²) < 4.78 is 28.1. The van der Waals surface area contributed by atoms with E-state index in [4.69, 9.17) is 0 Å². The van der Waals surface area contributed by atoms with Gasteiger partial charge in [-0.3, -0.25) is 4.79 Å². The Balaban J connectivity index is 1.76. The highest BCUT2D eigenvalue weighted by atomic mass is 32.2. The summed E-state index contributed by atoms with van der Waals surface area (Å²) in [5, 5.41) is 0. The van der Waals surface area contributed by atoms with Gasteiger partial charge in [0.1, 0.15) is 0 Å². The Morgan fingerprint density at radius 2 is 1.92 bits per heavy atom. The van der Waals surface area contributed by atoms with Crippen LogP contribution in [0.2, 0.25) is 0 Å². The van der Waals surface area contributed by atoms with Crippen LogP contribution in [0.15, 0.2) is 53.4 Å². The molecule has 0 bridgehead atoms. The van der Waals surface area contributed by atoms with E-state index in [0.717, 1.165) is 29.7 Å². The Morgan fingerprint density at radius 1 is 1.19 bits per heavy atom. The molecule has 1 amide bonds. The number of nitrogens with zero attached hydrogens (tertiary/aromatic N) is 1. The molecular formula is C20H24N2O3S. The van der Waals surface area contributed by atoms with E-state index in [1.165, 1.54) is 6.92 Å². The molecule has 1 N–H and O–H groups in total. The predicted octanol–water partition coefficient (Wildman–Crippen LogP) is 3.07. The van der Waals surface area contributed by atoms with Crippen LogP contribution in [0.5, 0.6) is 0 Å². The van der Waals surface area contributed by atoms with E-state index in [-0.39, 0.29) is 16.7 Å². The van der Waals surface area contributed by atoms with Crippen molar-refractivity contribution in [3.8, 4) is 0 Å². The summed E-state index contributed by atoms with van der Waals surface area (Å²) in [5.41, 5.74) is 2.82.